The predicted octanol–water partition coefficient (Wildman–Crippen LogP) is 1.26. The van der Waals surface area contributed by atoms with Gasteiger partial charge in [-0.2, -0.15) is 17.0 Å². The minimum Gasteiger partial charge on any atom is -0.198 e. The molecule has 1 unspecified atom stereocenters. The lowest BCUT2D eigenvalue weighted by Gasteiger charge is -1.86. The van der Waals surface area contributed by atoms with Crippen LogP contribution in [0.4, 0.5) is 0 Å². The second kappa shape index (κ2) is 2.23. The summed E-state index contributed by atoms with van der Waals surface area (Å²) in [5, 5.41) is 8.30. The molecule has 0 aliphatic carbocycles. The fourth-order valence-electron chi connectivity index (χ4n) is 0.636. The molecule has 0 aromatic carbocycles. The Labute approximate surface area is 47.7 Å². The van der Waals surface area contributed by atoms with Gasteiger partial charge in [-0.05, 0) is 12.2 Å². The fraction of sp³-hybridized carbons (Fsp3) is 0.800. The van der Waals surface area contributed by atoms with Gasteiger partial charge in [0.05, 0.1) is 12.0 Å². The molecular formula is C5H7NS. The number of hydrogen-bond donors (Lipinski definition) is 0. The zero-order valence-electron chi connectivity index (χ0n) is 4.05. The highest BCUT2D eigenvalue weighted by Gasteiger charge is 2.12. The summed E-state index contributed by atoms with van der Waals surface area (Å²) in [6, 6.07) is 2.24. The van der Waals surface area contributed by atoms with Gasteiger partial charge in [-0.1, -0.05) is 0 Å². The summed E-state index contributed by atoms with van der Waals surface area (Å²) < 4.78 is 0. The zero-order valence-corrected chi connectivity index (χ0v) is 4.87. The Kier molecular flexibility index (Phi) is 1.59. The molecule has 1 heterocycles. The molecule has 1 saturated heterocycles. The Balaban J connectivity index is 2.31. The molecule has 1 aliphatic heterocycles. The summed E-state index contributed by atoms with van der Waals surface area (Å²) in [6.07, 6.45) is 1.11. The normalized spacial score (nSPS) is 29.9. The predicted molar refractivity (Wildman–Crippen MR) is 31.0 cm³/mol. The monoisotopic (exact) mass is 113 g/mol. The highest BCUT2D eigenvalue weighted by Crippen LogP contribution is 2.21. The Bertz CT molecular complexity index is 88.7. The highest BCUT2D eigenvalue weighted by molar-refractivity contribution is 7.99. The summed E-state index contributed by atoms with van der Waals surface area (Å²) in [5.41, 5.74) is 0. The summed E-state index contributed by atoms with van der Waals surface area (Å²) in [7, 11) is 0. The van der Waals surface area contributed by atoms with Gasteiger partial charge in [0.15, 0.2) is 0 Å². The lowest BCUT2D eigenvalue weighted by Crippen LogP contribution is -1.89. The van der Waals surface area contributed by atoms with Crippen molar-refractivity contribution in [3.05, 3.63) is 0 Å². The first kappa shape index (κ1) is 4.99. The van der Waals surface area contributed by atoms with Crippen molar-refractivity contribution in [3.63, 3.8) is 0 Å². The van der Waals surface area contributed by atoms with E-state index in [-0.39, 0.29) is 0 Å². The van der Waals surface area contributed by atoms with Gasteiger partial charge in [-0.25, -0.2) is 0 Å². The molecule has 1 nitrogen and oxygen atoms in total. The van der Waals surface area contributed by atoms with Crippen molar-refractivity contribution < 1.29 is 0 Å². The van der Waals surface area contributed by atoms with E-state index in [4.69, 9.17) is 5.26 Å². The Morgan fingerprint density at radius 1 is 1.71 bits per heavy atom. The van der Waals surface area contributed by atoms with Crippen molar-refractivity contribution in [1.82, 2.24) is 0 Å². The van der Waals surface area contributed by atoms with Crippen LogP contribution in [0.1, 0.15) is 6.42 Å². The molecule has 0 aromatic heterocycles. The fourth-order valence-corrected chi connectivity index (χ4v) is 1.78. The van der Waals surface area contributed by atoms with Crippen LogP contribution in [0, 0.1) is 17.2 Å². The molecule has 1 aliphatic rings. The maximum absolute atomic E-state index is 8.30. The molecule has 0 amide bonds. The molecule has 1 fully saturated rings. The van der Waals surface area contributed by atoms with Gasteiger partial charge < -0.3 is 0 Å². The maximum Gasteiger partial charge on any atom is 0.0664 e. The van der Waals surface area contributed by atoms with E-state index < -0.39 is 0 Å². The summed E-state index contributed by atoms with van der Waals surface area (Å²) >= 11 is 1.88. The average molecular weight is 113 g/mol. The van der Waals surface area contributed by atoms with E-state index in [2.05, 4.69) is 6.07 Å². The number of nitrogens with zero attached hydrogens (tertiary/aromatic N) is 1. The van der Waals surface area contributed by atoms with Gasteiger partial charge in [0.1, 0.15) is 0 Å². The quantitative estimate of drug-likeness (QED) is 0.472. The topological polar surface area (TPSA) is 23.8 Å². The van der Waals surface area contributed by atoms with E-state index in [0.717, 1.165) is 12.2 Å². The third-order valence-corrected chi connectivity index (χ3v) is 2.27. The molecule has 0 saturated carbocycles. The minimum absolute atomic E-state index is 0.366. The molecule has 0 bridgehead atoms. The van der Waals surface area contributed by atoms with Gasteiger partial charge >= 0.3 is 0 Å². The molecule has 1 atom stereocenters. The van der Waals surface area contributed by atoms with Crippen molar-refractivity contribution in [3.8, 4) is 6.07 Å². The lowest BCUT2D eigenvalue weighted by molar-refractivity contribution is 0.763. The van der Waals surface area contributed by atoms with E-state index in [1.165, 1.54) is 5.75 Å². The highest BCUT2D eigenvalue weighted by atomic mass is 32.2. The second-order valence-corrected chi connectivity index (χ2v) is 2.84. The Morgan fingerprint density at radius 3 is 2.86 bits per heavy atom. The third-order valence-electron chi connectivity index (χ3n) is 1.11. The molecule has 0 N–H and O–H groups in total. The van der Waals surface area contributed by atoms with Crippen LogP contribution in [0.25, 0.3) is 0 Å². The van der Waals surface area contributed by atoms with E-state index in [1.807, 2.05) is 11.8 Å². The maximum atomic E-state index is 8.30. The lowest BCUT2D eigenvalue weighted by atomic mass is 10.2. The van der Waals surface area contributed by atoms with Crippen molar-refractivity contribution in [2.24, 2.45) is 5.92 Å². The van der Waals surface area contributed by atoms with Crippen LogP contribution >= 0.6 is 11.8 Å². The van der Waals surface area contributed by atoms with Gasteiger partial charge in [0.25, 0.3) is 0 Å². The Morgan fingerprint density at radius 2 is 2.57 bits per heavy atom. The standard InChI is InChI=1S/C5H7NS/c6-3-5-1-2-7-4-5/h5H,1-2,4H2. The first-order valence-corrected chi connectivity index (χ1v) is 3.56. The SMILES string of the molecule is N#CC1CCSC1. The first-order valence-electron chi connectivity index (χ1n) is 2.41. The molecule has 38 valence electrons. The van der Waals surface area contributed by atoms with E-state index in [0.29, 0.717) is 5.92 Å². The summed E-state index contributed by atoms with van der Waals surface area (Å²) in [4.78, 5) is 0. The van der Waals surface area contributed by atoms with E-state index in [9.17, 15) is 0 Å². The molecule has 0 radical (unpaired) electrons. The molecule has 1 rings (SSSR count). The zero-order chi connectivity index (χ0) is 5.11. The molecule has 7 heavy (non-hydrogen) atoms. The number of nitriles is 1. The average Bonchev–Trinajstić information content (AvgIpc) is 2.14. The summed E-state index contributed by atoms with van der Waals surface area (Å²) in [5.74, 6) is 2.62. The molecule has 0 aromatic rings. The van der Waals surface area contributed by atoms with Crippen LogP contribution < -0.4 is 0 Å². The molecular weight excluding hydrogens is 106 g/mol. The van der Waals surface area contributed by atoms with Gasteiger partial charge in [0.2, 0.25) is 0 Å². The van der Waals surface area contributed by atoms with Crippen LogP contribution in [0.3, 0.4) is 0 Å². The number of thioether (sulfide) groups is 1. The van der Waals surface area contributed by atoms with Crippen molar-refractivity contribution in [2.75, 3.05) is 11.5 Å². The second-order valence-electron chi connectivity index (χ2n) is 1.69. The third kappa shape index (κ3) is 1.10. The smallest absolute Gasteiger partial charge is 0.0664 e. The van der Waals surface area contributed by atoms with Gasteiger partial charge in [-0.3, -0.25) is 0 Å². The Hall–Kier alpha value is -0.160. The van der Waals surface area contributed by atoms with Crippen LogP contribution in [0.2, 0.25) is 0 Å². The van der Waals surface area contributed by atoms with Crippen molar-refractivity contribution in [2.45, 2.75) is 6.42 Å². The van der Waals surface area contributed by atoms with Crippen molar-refractivity contribution >= 4 is 11.8 Å². The van der Waals surface area contributed by atoms with E-state index in [1.54, 1.807) is 0 Å². The minimum atomic E-state index is 0.366. The van der Waals surface area contributed by atoms with Crippen molar-refractivity contribution in [1.29, 1.82) is 5.26 Å². The van der Waals surface area contributed by atoms with Crippen LogP contribution in [-0.2, 0) is 0 Å². The molecule has 0 spiro atoms. The van der Waals surface area contributed by atoms with Crippen LogP contribution in [0.5, 0.6) is 0 Å². The van der Waals surface area contributed by atoms with Crippen LogP contribution in [0.15, 0.2) is 0 Å². The largest absolute Gasteiger partial charge is 0.198 e. The summed E-state index contributed by atoms with van der Waals surface area (Å²) in [6.45, 7) is 0. The molecule has 2 heteroatoms. The number of hydrogen-bond acceptors (Lipinski definition) is 2. The first-order chi connectivity index (χ1) is 3.43. The van der Waals surface area contributed by atoms with E-state index >= 15 is 0 Å². The van der Waals surface area contributed by atoms with Gasteiger partial charge in [-0.15, -0.1) is 0 Å². The van der Waals surface area contributed by atoms with Gasteiger partial charge in [0, 0.05) is 5.75 Å². The number of rotatable bonds is 0. The van der Waals surface area contributed by atoms with Crippen LogP contribution in [-0.4, -0.2) is 11.5 Å².